The number of halogens is 2. The third kappa shape index (κ3) is 3.15. The van der Waals surface area contributed by atoms with E-state index in [0.717, 1.165) is 11.3 Å². The molecule has 1 unspecified atom stereocenters. The van der Waals surface area contributed by atoms with Crippen LogP contribution in [0.3, 0.4) is 0 Å². The molecule has 2 nitrogen and oxygen atoms in total. The number of pyridine rings is 1. The Kier molecular flexibility index (Phi) is 4.22. The molecule has 0 fully saturated rings. The molecule has 1 N–H and O–H groups in total. The fourth-order valence-corrected chi connectivity index (χ4v) is 2.10. The normalized spacial score (nSPS) is 12.4. The summed E-state index contributed by atoms with van der Waals surface area (Å²) in [4.78, 5) is 4.12. The zero-order chi connectivity index (χ0) is 13.8. The highest BCUT2D eigenvalue weighted by Crippen LogP contribution is 2.22. The fourth-order valence-electron chi connectivity index (χ4n) is 2.10. The lowest BCUT2D eigenvalue weighted by atomic mass is 9.98. The predicted octanol–water partition coefficient (Wildman–Crippen LogP) is 3.17. The topological polar surface area (TPSA) is 24.9 Å². The molecule has 0 bridgehead atoms. The molecule has 0 radical (unpaired) electrons. The van der Waals surface area contributed by atoms with Crippen LogP contribution in [-0.4, -0.2) is 12.0 Å². The molecule has 2 rings (SSSR count). The quantitative estimate of drug-likeness (QED) is 0.915. The number of likely N-dealkylation sites (N-methyl/N-ethyl adjacent to an activating group) is 1. The molecule has 19 heavy (non-hydrogen) atoms. The van der Waals surface area contributed by atoms with Crippen molar-refractivity contribution in [3.05, 3.63) is 65.0 Å². The Morgan fingerprint density at radius 1 is 1.21 bits per heavy atom. The second-order valence-electron chi connectivity index (χ2n) is 4.48. The molecule has 0 saturated carbocycles. The second kappa shape index (κ2) is 5.89. The lowest BCUT2D eigenvalue weighted by molar-refractivity contribution is 0.515. The summed E-state index contributed by atoms with van der Waals surface area (Å²) in [5.74, 6) is -1.02. The first-order valence-corrected chi connectivity index (χ1v) is 6.14. The molecule has 4 heteroatoms. The third-order valence-corrected chi connectivity index (χ3v) is 3.14. The van der Waals surface area contributed by atoms with E-state index in [1.165, 1.54) is 18.2 Å². The minimum absolute atomic E-state index is 0.108. The van der Waals surface area contributed by atoms with Crippen LogP contribution in [0.25, 0.3) is 0 Å². The van der Waals surface area contributed by atoms with Crippen molar-refractivity contribution >= 4 is 0 Å². The van der Waals surface area contributed by atoms with Crippen molar-refractivity contribution in [2.24, 2.45) is 0 Å². The molecule has 0 amide bonds. The van der Waals surface area contributed by atoms with Gasteiger partial charge >= 0.3 is 0 Å². The summed E-state index contributed by atoms with van der Waals surface area (Å²) in [6.45, 7) is 1.89. The van der Waals surface area contributed by atoms with E-state index in [0.29, 0.717) is 0 Å². The van der Waals surface area contributed by atoms with Gasteiger partial charge in [-0.3, -0.25) is 4.98 Å². The van der Waals surface area contributed by atoms with Crippen LogP contribution < -0.4 is 5.32 Å². The van der Waals surface area contributed by atoms with Gasteiger partial charge in [0.05, 0.1) is 0 Å². The van der Waals surface area contributed by atoms with E-state index in [2.05, 4.69) is 10.3 Å². The lowest BCUT2D eigenvalue weighted by Gasteiger charge is -2.17. The summed E-state index contributed by atoms with van der Waals surface area (Å²) in [6.07, 6.45) is 1.96. The Labute approximate surface area is 111 Å². The number of hydrogen-bond donors (Lipinski definition) is 1. The van der Waals surface area contributed by atoms with Gasteiger partial charge in [-0.2, -0.15) is 0 Å². The van der Waals surface area contributed by atoms with Crippen molar-refractivity contribution in [2.45, 2.75) is 19.4 Å². The largest absolute Gasteiger partial charge is 0.313 e. The van der Waals surface area contributed by atoms with Gasteiger partial charge in [0.1, 0.15) is 11.6 Å². The van der Waals surface area contributed by atoms with Gasteiger partial charge in [-0.15, -0.1) is 0 Å². The van der Waals surface area contributed by atoms with Crippen LogP contribution in [0.15, 0.2) is 36.5 Å². The van der Waals surface area contributed by atoms with Crippen LogP contribution in [0, 0.1) is 18.6 Å². The zero-order valence-corrected chi connectivity index (χ0v) is 11.0. The molecule has 0 aliphatic rings. The highest BCUT2D eigenvalue weighted by atomic mass is 19.1. The summed E-state index contributed by atoms with van der Waals surface area (Å²) in [5, 5.41) is 3.09. The lowest BCUT2D eigenvalue weighted by Crippen LogP contribution is -2.20. The Morgan fingerprint density at radius 3 is 2.47 bits per heavy atom. The van der Waals surface area contributed by atoms with Crippen LogP contribution in [0.5, 0.6) is 0 Å². The maximum Gasteiger partial charge on any atom is 0.129 e. The van der Waals surface area contributed by atoms with Crippen molar-refractivity contribution in [1.82, 2.24) is 10.3 Å². The highest BCUT2D eigenvalue weighted by Gasteiger charge is 2.16. The van der Waals surface area contributed by atoms with Gasteiger partial charge in [-0.1, -0.05) is 6.07 Å². The van der Waals surface area contributed by atoms with E-state index < -0.39 is 11.6 Å². The molecule has 1 aromatic carbocycles. The molecular formula is C15H16F2N2. The van der Waals surface area contributed by atoms with Gasteiger partial charge in [-0.25, -0.2) is 8.78 Å². The van der Waals surface area contributed by atoms with Crippen LogP contribution in [0.4, 0.5) is 8.78 Å². The SMILES string of the molecule is CNC(Cc1c(F)cccc1F)c1ccnc(C)c1. The monoisotopic (exact) mass is 262 g/mol. The molecule has 0 aliphatic carbocycles. The van der Waals surface area contributed by atoms with Crippen LogP contribution in [-0.2, 0) is 6.42 Å². The van der Waals surface area contributed by atoms with Gasteiger partial charge < -0.3 is 5.32 Å². The van der Waals surface area contributed by atoms with Gasteiger partial charge in [0.15, 0.2) is 0 Å². The Hall–Kier alpha value is -1.81. The number of aromatic nitrogens is 1. The first kappa shape index (κ1) is 13.6. The van der Waals surface area contributed by atoms with Gasteiger partial charge in [0.2, 0.25) is 0 Å². The predicted molar refractivity (Wildman–Crippen MR) is 70.8 cm³/mol. The number of hydrogen-bond acceptors (Lipinski definition) is 2. The number of nitrogens with zero attached hydrogens (tertiary/aromatic N) is 1. The van der Waals surface area contributed by atoms with Crippen molar-refractivity contribution in [2.75, 3.05) is 7.05 Å². The minimum Gasteiger partial charge on any atom is -0.313 e. The summed E-state index contributed by atoms with van der Waals surface area (Å²) >= 11 is 0. The van der Waals surface area contributed by atoms with Crippen LogP contribution in [0.1, 0.15) is 22.9 Å². The molecule has 1 heterocycles. The van der Waals surface area contributed by atoms with Crippen molar-refractivity contribution in [3.63, 3.8) is 0 Å². The molecular weight excluding hydrogens is 246 g/mol. The Morgan fingerprint density at radius 2 is 1.89 bits per heavy atom. The van der Waals surface area contributed by atoms with Crippen molar-refractivity contribution < 1.29 is 8.78 Å². The number of aryl methyl sites for hydroxylation is 1. The Balaban J connectivity index is 2.29. The van der Waals surface area contributed by atoms with E-state index >= 15 is 0 Å². The summed E-state index contributed by atoms with van der Waals surface area (Å²) in [5.41, 5.74) is 1.96. The summed E-state index contributed by atoms with van der Waals surface area (Å²) < 4.78 is 27.3. The van der Waals surface area contributed by atoms with Crippen LogP contribution >= 0.6 is 0 Å². The number of rotatable bonds is 4. The van der Waals surface area contributed by atoms with Crippen LogP contribution in [0.2, 0.25) is 0 Å². The highest BCUT2D eigenvalue weighted by molar-refractivity contribution is 5.26. The number of nitrogens with one attached hydrogen (secondary N) is 1. The van der Waals surface area contributed by atoms with E-state index in [-0.39, 0.29) is 18.0 Å². The van der Waals surface area contributed by atoms with E-state index in [1.807, 2.05) is 19.1 Å². The third-order valence-electron chi connectivity index (χ3n) is 3.14. The Bertz CT molecular complexity index is 550. The summed E-state index contributed by atoms with van der Waals surface area (Å²) in [6, 6.07) is 7.56. The molecule has 1 atom stereocenters. The molecule has 1 aromatic heterocycles. The van der Waals surface area contributed by atoms with Gasteiger partial charge in [0, 0.05) is 23.5 Å². The van der Waals surface area contributed by atoms with Gasteiger partial charge in [0.25, 0.3) is 0 Å². The molecule has 2 aromatic rings. The average Bonchev–Trinajstić information content (AvgIpc) is 2.38. The molecule has 100 valence electrons. The zero-order valence-electron chi connectivity index (χ0n) is 11.0. The van der Waals surface area contributed by atoms with Crippen molar-refractivity contribution in [3.8, 4) is 0 Å². The van der Waals surface area contributed by atoms with E-state index in [4.69, 9.17) is 0 Å². The summed E-state index contributed by atoms with van der Waals surface area (Å²) in [7, 11) is 1.78. The van der Waals surface area contributed by atoms with Gasteiger partial charge in [-0.05, 0) is 50.2 Å². The standard InChI is InChI=1S/C15H16F2N2/c1-10-8-11(6-7-19-10)15(18-2)9-12-13(16)4-3-5-14(12)17/h3-8,15,18H,9H2,1-2H3. The molecule has 0 aliphatic heterocycles. The fraction of sp³-hybridized carbons (Fsp3) is 0.267. The van der Waals surface area contributed by atoms with Crippen molar-refractivity contribution in [1.29, 1.82) is 0 Å². The maximum atomic E-state index is 13.7. The second-order valence-corrected chi connectivity index (χ2v) is 4.48. The first-order chi connectivity index (χ1) is 9.11. The maximum absolute atomic E-state index is 13.7. The molecule has 0 spiro atoms. The first-order valence-electron chi connectivity index (χ1n) is 6.14. The smallest absolute Gasteiger partial charge is 0.129 e. The minimum atomic E-state index is -0.508. The molecule has 0 saturated heterocycles. The van der Waals surface area contributed by atoms with E-state index in [9.17, 15) is 8.78 Å². The average molecular weight is 262 g/mol. The van der Waals surface area contributed by atoms with E-state index in [1.54, 1.807) is 13.2 Å². The number of benzene rings is 1.